The third kappa shape index (κ3) is 5.72. The van der Waals surface area contributed by atoms with Crippen molar-refractivity contribution in [1.82, 2.24) is 14.7 Å². The normalized spacial score (nSPS) is 12.7. The monoisotopic (exact) mass is 364 g/mol. The highest BCUT2D eigenvalue weighted by molar-refractivity contribution is 9.10. The van der Waals surface area contributed by atoms with Crippen LogP contribution in [-0.4, -0.2) is 58.1 Å². The summed E-state index contributed by atoms with van der Waals surface area (Å²) in [6.07, 6.45) is 4.12. The molecule has 8 heteroatoms. The molecule has 1 unspecified atom stereocenters. The van der Waals surface area contributed by atoms with Crippen LogP contribution in [0.15, 0.2) is 15.5 Å². The Hall–Kier alpha value is -0.730. The molecule has 0 saturated heterocycles. The molecule has 1 atom stereocenters. The predicted octanol–water partition coefficient (Wildman–Crippen LogP) is 0.748. The summed E-state index contributed by atoms with van der Waals surface area (Å²) in [5, 5.41) is 7.28. The van der Waals surface area contributed by atoms with Gasteiger partial charge in [-0.3, -0.25) is 9.00 Å². The Balaban J connectivity index is 2.64. The molecule has 0 saturated carbocycles. The Morgan fingerprint density at radius 1 is 1.50 bits per heavy atom. The lowest BCUT2D eigenvalue weighted by Gasteiger charge is -2.12. The van der Waals surface area contributed by atoms with E-state index < -0.39 is 10.8 Å². The first-order valence-corrected chi connectivity index (χ1v) is 8.88. The van der Waals surface area contributed by atoms with Gasteiger partial charge in [-0.1, -0.05) is 0 Å². The molecule has 0 amide bonds. The van der Waals surface area contributed by atoms with Gasteiger partial charge in [-0.15, -0.1) is 0 Å². The van der Waals surface area contributed by atoms with E-state index in [1.165, 1.54) is 4.68 Å². The summed E-state index contributed by atoms with van der Waals surface area (Å²) in [5.74, 6) is 0.651. The van der Waals surface area contributed by atoms with E-state index in [4.69, 9.17) is 0 Å². The lowest BCUT2D eigenvalue weighted by Crippen LogP contribution is -2.29. The van der Waals surface area contributed by atoms with E-state index in [9.17, 15) is 9.00 Å². The minimum absolute atomic E-state index is 0.143. The van der Waals surface area contributed by atoms with Crippen LogP contribution in [0.1, 0.15) is 6.42 Å². The molecule has 1 rings (SSSR count). The lowest BCUT2D eigenvalue weighted by molar-refractivity contribution is 0.367. The van der Waals surface area contributed by atoms with Crippen molar-refractivity contribution in [1.29, 1.82) is 0 Å². The van der Waals surface area contributed by atoms with E-state index in [-0.39, 0.29) is 5.56 Å². The molecular weight excluding hydrogens is 344 g/mol. The Bertz CT molecular complexity index is 519. The minimum atomic E-state index is -0.782. The molecule has 0 bridgehead atoms. The topological polar surface area (TPSA) is 67.2 Å². The van der Waals surface area contributed by atoms with Gasteiger partial charge >= 0.3 is 0 Å². The van der Waals surface area contributed by atoms with Gasteiger partial charge in [0.2, 0.25) is 0 Å². The Kier molecular flexibility index (Phi) is 7.39. The van der Waals surface area contributed by atoms with Crippen LogP contribution in [0.4, 0.5) is 5.69 Å². The summed E-state index contributed by atoms with van der Waals surface area (Å²) in [6.45, 7) is 1.98. The first-order valence-electron chi connectivity index (χ1n) is 6.36. The highest BCUT2D eigenvalue weighted by Crippen LogP contribution is 2.15. The van der Waals surface area contributed by atoms with Gasteiger partial charge in [0.15, 0.2) is 0 Å². The smallest absolute Gasteiger partial charge is 0.283 e. The molecule has 20 heavy (non-hydrogen) atoms. The van der Waals surface area contributed by atoms with E-state index in [1.54, 1.807) is 12.5 Å². The van der Waals surface area contributed by atoms with Crippen LogP contribution in [-0.2, 0) is 17.3 Å². The van der Waals surface area contributed by atoms with Crippen molar-refractivity contribution in [2.24, 2.45) is 0 Å². The summed E-state index contributed by atoms with van der Waals surface area (Å²) >= 11 is 3.31. The van der Waals surface area contributed by atoms with Gasteiger partial charge in [-0.05, 0) is 36.4 Å². The second-order valence-electron chi connectivity index (χ2n) is 4.76. The fourth-order valence-corrected chi connectivity index (χ4v) is 2.54. The quantitative estimate of drug-likeness (QED) is 0.689. The van der Waals surface area contributed by atoms with Crippen LogP contribution in [0.25, 0.3) is 0 Å². The van der Waals surface area contributed by atoms with Crippen molar-refractivity contribution in [3.8, 4) is 0 Å². The van der Waals surface area contributed by atoms with Crippen LogP contribution in [0.3, 0.4) is 0 Å². The molecule has 114 valence electrons. The number of rotatable bonds is 8. The van der Waals surface area contributed by atoms with Crippen LogP contribution in [0.5, 0.6) is 0 Å². The van der Waals surface area contributed by atoms with E-state index in [1.807, 2.05) is 19.0 Å². The van der Waals surface area contributed by atoms with Crippen LogP contribution < -0.4 is 10.9 Å². The van der Waals surface area contributed by atoms with E-state index in [2.05, 4.69) is 26.3 Å². The zero-order valence-corrected chi connectivity index (χ0v) is 14.5. The molecule has 0 aliphatic rings. The van der Waals surface area contributed by atoms with Crippen molar-refractivity contribution in [3.63, 3.8) is 0 Å². The van der Waals surface area contributed by atoms with Gasteiger partial charge in [-0.25, -0.2) is 4.68 Å². The predicted molar refractivity (Wildman–Crippen MR) is 86.8 cm³/mol. The van der Waals surface area contributed by atoms with E-state index >= 15 is 0 Å². The fourth-order valence-electron chi connectivity index (χ4n) is 1.54. The third-order valence-electron chi connectivity index (χ3n) is 2.67. The minimum Gasteiger partial charge on any atom is -0.383 e. The summed E-state index contributed by atoms with van der Waals surface area (Å²) in [6, 6.07) is 0. The molecular formula is C12H21BrN4O2S. The zero-order chi connectivity index (χ0) is 15.1. The van der Waals surface area contributed by atoms with Crippen molar-refractivity contribution >= 4 is 32.4 Å². The van der Waals surface area contributed by atoms with E-state index in [0.29, 0.717) is 29.0 Å². The zero-order valence-electron chi connectivity index (χ0n) is 12.1. The molecule has 0 radical (unpaired) electrons. The molecule has 0 aromatic carbocycles. The molecule has 6 nitrogen and oxygen atoms in total. The van der Waals surface area contributed by atoms with Gasteiger partial charge in [-0.2, -0.15) is 5.10 Å². The third-order valence-corrected chi connectivity index (χ3v) is 4.30. The second kappa shape index (κ2) is 8.53. The molecule has 1 aromatic rings. The highest BCUT2D eigenvalue weighted by atomic mass is 79.9. The van der Waals surface area contributed by atoms with Gasteiger partial charge in [0.25, 0.3) is 5.56 Å². The molecule has 0 aliphatic carbocycles. The number of hydrogen-bond acceptors (Lipinski definition) is 5. The Labute approximate surface area is 130 Å². The molecule has 0 aliphatic heterocycles. The molecule has 1 aromatic heterocycles. The van der Waals surface area contributed by atoms with Gasteiger partial charge in [0, 0.05) is 35.9 Å². The number of nitrogens with one attached hydrogen (secondary N) is 1. The number of anilines is 1. The summed E-state index contributed by atoms with van der Waals surface area (Å²) in [4.78, 5) is 14.1. The second-order valence-corrected chi connectivity index (χ2v) is 7.11. The standard InChI is InChI=1S/C12H21BrN4O2S/c1-16(2)6-7-17-12(18)11(13)10(9-15-17)14-5-4-8-20(3)19/h9,14H,4-8H2,1-3H3. The van der Waals surface area contributed by atoms with Crippen molar-refractivity contribution in [3.05, 3.63) is 21.0 Å². The van der Waals surface area contributed by atoms with Crippen LogP contribution in [0, 0.1) is 0 Å². The largest absolute Gasteiger partial charge is 0.383 e. The SMILES string of the molecule is CN(C)CCn1ncc(NCCCS(C)=O)c(Br)c1=O. The van der Waals surface area contributed by atoms with Crippen molar-refractivity contribution in [2.45, 2.75) is 13.0 Å². The first kappa shape index (κ1) is 17.3. The Morgan fingerprint density at radius 3 is 2.80 bits per heavy atom. The number of likely N-dealkylation sites (N-methyl/N-ethyl adjacent to an activating group) is 1. The first-order chi connectivity index (χ1) is 9.41. The maximum absolute atomic E-state index is 12.1. The Morgan fingerprint density at radius 2 is 2.20 bits per heavy atom. The van der Waals surface area contributed by atoms with Gasteiger partial charge in [0.1, 0.15) is 4.47 Å². The molecule has 0 spiro atoms. The number of nitrogens with zero attached hydrogens (tertiary/aromatic N) is 3. The number of halogens is 1. The fraction of sp³-hybridized carbons (Fsp3) is 0.667. The lowest BCUT2D eigenvalue weighted by atomic mass is 10.4. The van der Waals surface area contributed by atoms with Gasteiger partial charge < -0.3 is 10.2 Å². The van der Waals surface area contributed by atoms with Crippen molar-refractivity contribution < 1.29 is 4.21 Å². The van der Waals surface area contributed by atoms with Crippen LogP contribution >= 0.6 is 15.9 Å². The maximum atomic E-state index is 12.1. The van der Waals surface area contributed by atoms with E-state index in [0.717, 1.165) is 13.0 Å². The number of hydrogen-bond donors (Lipinski definition) is 1. The van der Waals surface area contributed by atoms with Gasteiger partial charge in [0.05, 0.1) is 18.4 Å². The maximum Gasteiger partial charge on any atom is 0.283 e. The summed E-state index contributed by atoms with van der Waals surface area (Å²) in [7, 11) is 3.12. The summed E-state index contributed by atoms with van der Waals surface area (Å²) in [5.41, 5.74) is 0.536. The average Bonchev–Trinajstić information content (AvgIpc) is 2.37. The molecule has 1 N–H and O–H groups in total. The summed E-state index contributed by atoms with van der Waals surface area (Å²) < 4.78 is 12.9. The number of aromatic nitrogens is 2. The van der Waals surface area contributed by atoms with Crippen LogP contribution in [0.2, 0.25) is 0 Å². The molecule has 0 fully saturated rings. The average molecular weight is 365 g/mol. The highest BCUT2D eigenvalue weighted by Gasteiger charge is 2.08. The molecule has 1 heterocycles. The van der Waals surface area contributed by atoms with Crippen molar-refractivity contribution in [2.75, 3.05) is 44.5 Å².